The van der Waals surface area contributed by atoms with Crippen molar-refractivity contribution in [1.82, 2.24) is 0 Å². The van der Waals surface area contributed by atoms with E-state index in [1.807, 2.05) is 0 Å². The van der Waals surface area contributed by atoms with Crippen molar-refractivity contribution in [2.75, 3.05) is 0 Å². The summed E-state index contributed by atoms with van der Waals surface area (Å²) >= 11 is 0. The first-order valence-electron chi connectivity index (χ1n) is 3.19. The van der Waals surface area contributed by atoms with Gasteiger partial charge in [-0.2, -0.15) is 0 Å². The number of aliphatic hydroxyl groups excluding tert-OH is 1. The Kier molecular flexibility index (Phi) is 1.70. The number of halogens is 2. The van der Waals surface area contributed by atoms with Gasteiger partial charge in [-0.1, -0.05) is 6.42 Å². The second-order valence-electron chi connectivity index (χ2n) is 2.52. The van der Waals surface area contributed by atoms with Crippen LogP contribution in [0.3, 0.4) is 0 Å². The molecule has 0 aliphatic heterocycles. The summed E-state index contributed by atoms with van der Waals surface area (Å²) in [5.41, 5.74) is 0. The molecule has 0 aromatic rings. The minimum Gasteiger partial charge on any atom is -0.387 e. The minimum atomic E-state index is -2.81. The highest BCUT2D eigenvalue weighted by atomic mass is 19.3. The van der Waals surface area contributed by atoms with Crippen molar-refractivity contribution in [2.24, 2.45) is 0 Å². The summed E-state index contributed by atoms with van der Waals surface area (Å²) in [6.07, 6.45) is 0.00775. The molecule has 1 rings (SSSR count). The van der Waals surface area contributed by atoms with Crippen LogP contribution in [-0.4, -0.2) is 17.1 Å². The Bertz CT molecular complexity index is 103. The lowest BCUT2D eigenvalue weighted by Crippen LogP contribution is -2.36. The second-order valence-corrected chi connectivity index (χ2v) is 2.52. The Hall–Kier alpha value is -0.180. The van der Waals surface area contributed by atoms with Gasteiger partial charge in [0, 0.05) is 6.42 Å². The Balaban J connectivity index is 2.49. The number of hydrogen-bond acceptors (Lipinski definition) is 1. The Morgan fingerprint density at radius 3 is 2.33 bits per heavy atom. The molecular weight excluding hydrogens is 126 g/mol. The van der Waals surface area contributed by atoms with Crippen molar-refractivity contribution in [1.29, 1.82) is 0 Å². The summed E-state index contributed by atoms with van der Waals surface area (Å²) in [5, 5.41) is 8.69. The molecule has 1 aliphatic carbocycles. The highest BCUT2D eigenvalue weighted by molar-refractivity contribution is 4.80. The molecular formula is C6H10F2O. The maximum absolute atomic E-state index is 12.3. The van der Waals surface area contributed by atoms with Gasteiger partial charge in [0.25, 0.3) is 5.92 Å². The molecule has 1 fully saturated rings. The summed E-state index contributed by atoms with van der Waals surface area (Å²) < 4.78 is 24.7. The molecule has 9 heavy (non-hydrogen) atoms. The largest absolute Gasteiger partial charge is 0.387 e. The monoisotopic (exact) mass is 136 g/mol. The zero-order chi connectivity index (χ0) is 6.91. The number of alkyl halides is 2. The van der Waals surface area contributed by atoms with Gasteiger partial charge in [0.05, 0.1) is 0 Å². The van der Waals surface area contributed by atoms with E-state index in [2.05, 4.69) is 0 Å². The van der Waals surface area contributed by atoms with Crippen LogP contribution in [-0.2, 0) is 0 Å². The van der Waals surface area contributed by atoms with Crippen molar-refractivity contribution in [2.45, 2.75) is 37.7 Å². The highest BCUT2D eigenvalue weighted by Gasteiger charge is 2.39. The van der Waals surface area contributed by atoms with Gasteiger partial charge in [-0.15, -0.1) is 0 Å². The quantitative estimate of drug-likeness (QED) is 0.535. The summed E-state index contributed by atoms with van der Waals surface area (Å²) in [7, 11) is 0. The summed E-state index contributed by atoms with van der Waals surface area (Å²) in [4.78, 5) is 0. The maximum atomic E-state index is 12.3. The van der Waals surface area contributed by atoms with Gasteiger partial charge in [0.15, 0.2) is 0 Å². The van der Waals surface area contributed by atoms with E-state index < -0.39 is 12.0 Å². The van der Waals surface area contributed by atoms with E-state index in [-0.39, 0.29) is 12.8 Å². The lowest BCUT2D eigenvalue weighted by Gasteiger charge is -2.26. The van der Waals surface area contributed by atoms with E-state index >= 15 is 0 Å². The molecule has 0 spiro atoms. The summed E-state index contributed by atoms with van der Waals surface area (Å²) in [6, 6.07) is 0. The van der Waals surface area contributed by atoms with E-state index in [1.165, 1.54) is 0 Å². The third-order valence-corrected chi connectivity index (χ3v) is 1.73. The van der Waals surface area contributed by atoms with Crippen molar-refractivity contribution in [3.8, 4) is 0 Å². The standard InChI is InChI=1S/C6H10F2O/c7-6(8)4-2-1-3-5(6)9/h5,9H,1-4H2. The number of aliphatic hydroxyl groups is 1. The molecule has 1 atom stereocenters. The van der Waals surface area contributed by atoms with E-state index in [1.54, 1.807) is 0 Å². The molecule has 1 saturated carbocycles. The van der Waals surface area contributed by atoms with Gasteiger partial charge in [0.1, 0.15) is 6.10 Å². The molecule has 54 valence electrons. The van der Waals surface area contributed by atoms with Crippen molar-refractivity contribution in [3.05, 3.63) is 0 Å². The molecule has 0 bridgehead atoms. The van der Waals surface area contributed by atoms with E-state index in [0.29, 0.717) is 6.42 Å². The predicted molar refractivity (Wildman–Crippen MR) is 29.4 cm³/mol. The number of hydrogen-bond donors (Lipinski definition) is 1. The molecule has 1 unspecified atom stereocenters. The minimum absolute atomic E-state index is 0.145. The van der Waals surface area contributed by atoms with Crippen LogP contribution in [0, 0.1) is 0 Å². The van der Waals surface area contributed by atoms with Gasteiger partial charge in [-0.25, -0.2) is 8.78 Å². The van der Waals surface area contributed by atoms with Crippen molar-refractivity contribution >= 4 is 0 Å². The van der Waals surface area contributed by atoms with E-state index in [9.17, 15) is 8.78 Å². The lowest BCUT2D eigenvalue weighted by atomic mass is 9.94. The van der Waals surface area contributed by atoms with E-state index in [0.717, 1.165) is 6.42 Å². The fourth-order valence-electron chi connectivity index (χ4n) is 1.08. The molecule has 1 aliphatic rings. The van der Waals surface area contributed by atoms with Crippen molar-refractivity contribution in [3.63, 3.8) is 0 Å². The molecule has 1 N–H and O–H groups in total. The Morgan fingerprint density at radius 1 is 1.33 bits per heavy atom. The first-order chi connectivity index (χ1) is 4.13. The smallest absolute Gasteiger partial charge is 0.273 e. The maximum Gasteiger partial charge on any atom is 0.273 e. The fraction of sp³-hybridized carbons (Fsp3) is 1.00. The SMILES string of the molecule is OC1CCCCC1(F)F. The topological polar surface area (TPSA) is 20.2 Å². The highest BCUT2D eigenvalue weighted by Crippen LogP contribution is 2.32. The van der Waals surface area contributed by atoms with Crippen LogP contribution in [0.1, 0.15) is 25.7 Å². The predicted octanol–water partition coefficient (Wildman–Crippen LogP) is 1.56. The van der Waals surface area contributed by atoms with Crippen LogP contribution in [0.15, 0.2) is 0 Å². The Morgan fingerprint density at radius 2 is 2.00 bits per heavy atom. The molecule has 0 heterocycles. The fourth-order valence-corrected chi connectivity index (χ4v) is 1.08. The first-order valence-corrected chi connectivity index (χ1v) is 3.19. The molecule has 0 saturated heterocycles. The van der Waals surface area contributed by atoms with Crippen LogP contribution < -0.4 is 0 Å². The zero-order valence-corrected chi connectivity index (χ0v) is 5.11. The number of rotatable bonds is 0. The normalized spacial score (nSPS) is 34.3. The van der Waals surface area contributed by atoms with Gasteiger partial charge in [-0.05, 0) is 12.8 Å². The van der Waals surface area contributed by atoms with Gasteiger partial charge < -0.3 is 5.11 Å². The summed E-state index contributed by atoms with van der Waals surface area (Å²) in [5.74, 6) is -2.81. The van der Waals surface area contributed by atoms with Crippen LogP contribution in [0.5, 0.6) is 0 Å². The third-order valence-electron chi connectivity index (χ3n) is 1.73. The Labute approximate surface area is 52.7 Å². The molecule has 1 nitrogen and oxygen atoms in total. The lowest BCUT2D eigenvalue weighted by molar-refractivity contribution is -0.130. The van der Waals surface area contributed by atoms with Gasteiger partial charge >= 0.3 is 0 Å². The van der Waals surface area contributed by atoms with Gasteiger partial charge in [0.2, 0.25) is 0 Å². The second kappa shape index (κ2) is 2.21. The molecule has 0 amide bonds. The van der Waals surface area contributed by atoms with Crippen molar-refractivity contribution < 1.29 is 13.9 Å². The molecule has 3 heteroatoms. The van der Waals surface area contributed by atoms with E-state index in [4.69, 9.17) is 5.11 Å². The summed E-state index contributed by atoms with van der Waals surface area (Å²) in [6.45, 7) is 0. The molecule has 0 aromatic heterocycles. The van der Waals surface area contributed by atoms with Crippen LogP contribution in [0.25, 0.3) is 0 Å². The average molecular weight is 136 g/mol. The van der Waals surface area contributed by atoms with Crippen LogP contribution in [0.4, 0.5) is 8.78 Å². The average Bonchev–Trinajstić information content (AvgIpc) is 1.77. The first kappa shape index (κ1) is 6.93. The third kappa shape index (κ3) is 1.39. The van der Waals surface area contributed by atoms with Gasteiger partial charge in [-0.3, -0.25) is 0 Å². The van der Waals surface area contributed by atoms with Crippen LogP contribution in [0.2, 0.25) is 0 Å². The molecule has 0 aromatic carbocycles. The molecule has 0 radical (unpaired) electrons. The van der Waals surface area contributed by atoms with Crippen LogP contribution >= 0.6 is 0 Å². The zero-order valence-electron chi connectivity index (χ0n) is 5.11.